The number of imidazole rings is 2. The number of amides is 2. The molecule has 7 rings (SSSR count). The lowest BCUT2D eigenvalue weighted by Gasteiger charge is -2.40. The van der Waals surface area contributed by atoms with Crippen LogP contribution in [0.4, 0.5) is 21.5 Å². The van der Waals surface area contributed by atoms with E-state index in [9.17, 15) is 39.0 Å². The molecule has 81 heavy (non-hydrogen) atoms. The van der Waals surface area contributed by atoms with Crippen molar-refractivity contribution in [3.05, 3.63) is 64.0 Å². The van der Waals surface area contributed by atoms with Gasteiger partial charge in [0, 0.05) is 29.8 Å². The van der Waals surface area contributed by atoms with Crippen LogP contribution in [0.1, 0.15) is 129 Å². The van der Waals surface area contributed by atoms with Crippen molar-refractivity contribution in [1.82, 2.24) is 44.0 Å². The quantitative estimate of drug-likeness (QED) is 0.0403. The Morgan fingerprint density at radius 2 is 0.975 bits per heavy atom. The molecule has 8 atom stereocenters. The smallest absolute Gasteiger partial charge is 0.450 e. The van der Waals surface area contributed by atoms with E-state index in [0.717, 1.165) is 0 Å². The highest BCUT2D eigenvalue weighted by Crippen LogP contribution is 2.45. The molecule has 26 nitrogen and oxygen atoms in total. The first-order chi connectivity index (χ1) is 37.3. The van der Waals surface area contributed by atoms with Gasteiger partial charge in [0.2, 0.25) is 23.7 Å². The highest BCUT2D eigenvalue weighted by Gasteiger charge is 2.54. The maximum Gasteiger partial charge on any atom is 0.506 e. The molecule has 0 aromatic carbocycles. The molecule has 450 valence electrons. The topological polar surface area (TPSA) is 354 Å². The molecule has 5 aromatic heterocycles. The number of carbonyl (C=O) groups is 4. The predicted octanol–water partition coefficient (Wildman–Crippen LogP) is 8.78. The largest absolute Gasteiger partial charge is 0.506 e. The number of pyridine rings is 1. The van der Waals surface area contributed by atoms with Gasteiger partial charge in [-0.15, -0.1) is 0 Å². The van der Waals surface area contributed by atoms with Crippen LogP contribution in [0.5, 0.6) is 0 Å². The summed E-state index contributed by atoms with van der Waals surface area (Å²) in [4.78, 5) is 98.6. The number of carbonyl (C=O) groups excluding carboxylic acids is 2. The SMILES string of the molecule is CC(C)(C)N.CC[C@H]1O[C@@H](n2cnc3c(=O)[nH]c(NC(=O)C(C)C)nc32)[C@H](OC(=O)O)[C@@H]1O[Si](C)(C)C(C)(C)C.CC[C@H]1O[C@@H](n2cnc3c(=O)[nH]c(NC(=O)C(C)C)nc32)[C@H](OC(=O)O)[C@@H]1O[Si](C)(C)C(C)(C)C.c1ccncc1. The van der Waals surface area contributed by atoms with Gasteiger partial charge in [-0.05, 0) is 82.0 Å². The number of fused-ring (bicyclic) bond motifs is 2. The van der Waals surface area contributed by atoms with E-state index in [4.69, 9.17) is 33.5 Å². The minimum atomic E-state index is -2.33. The van der Waals surface area contributed by atoms with Crippen LogP contribution < -0.4 is 27.5 Å². The minimum Gasteiger partial charge on any atom is -0.450 e. The van der Waals surface area contributed by atoms with Crippen molar-refractivity contribution in [3.63, 3.8) is 0 Å². The summed E-state index contributed by atoms with van der Waals surface area (Å²) in [6, 6.07) is 5.72. The summed E-state index contributed by atoms with van der Waals surface area (Å²) < 4.78 is 39.2. The van der Waals surface area contributed by atoms with Crippen molar-refractivity contribution >= 4 is 75.0 Å². The Kier molecular flexibility index (Phi) is 22.4. The molecule has 0 spiro atoms. The highest BCUT2D eigenvalue weighted by atomic mass is 28.4. The van der Waals surface area contributed by atoms with E-state index in [0.29, 0.717) is 12.8 Å². The molecular weight excluding hydrogens is 1080 g/mol. The molecule has 8 N–H and O–H groups in total. The molecule has 0 unspecified atom stereocenters. The zero-order valence-corrected chi connectivity index (χ0v) is 52.2. The van der Waals surface area contributed by atoms with E-state index < -0.39 is 89.1 Å². The summed E-state index contributed by atoms with van der Waals surface area (Å²) in [5.41, 5.74) is 4.54. The molecule has 5 aromatic rings. The summed E-state index contributed by atoms with van der Waals surface area (Å²) in [5, 5.41) is 23.9. The van der Waals surface area contributed by atoms with Gasteiger partial charge in [0.05, 0.1) is 24.9 Å². The van der Waals surface area contributed by atoms with Crippen LogP contribution in [0.3, 0.4) is 0 Å². The zero-order valence-electron chi connectivity index (χ0n) is 50.2. The Labute approximate surface area is 474 Å². The first-order valence-electron chi connectivity index (χ1n) is 27.0. The lowest BCUT2D eigenvalue weighted by atomic mass is 10.1. The second kappa shape index (κ2) is 27.1. The number of hydrogen-bond donors (Lipinski definition) is 7. The summed E-state index contributed by atoms with van der Waals surface area (Å²) in [6.45, 7) is 37.4. The molecule has 2 aliphatic rings. The van der Waals surface area contributed by atoms with Gasteiger partial charge in [-0.2, -0.15) is 9.97 Å². The normalized spacial score (nSPS) is 21.3. The number of ether oxygens (including phenoxy) is 4. The third-order valence-electron chi connectivity index (χ3n) is 13.8. The van der Waals surface area contributed by atoms with Gasteiger partial charge in [-0.25, -0.2) is 19.6 Å². The van der Waals surface area contributed by atoms with E-state index in [1.54, 1.807) is 40.1 Å². The van der Waals surface area contributed by atoms with Crippen LogP contribution in [0, 0.1) is 11.8 Å². The van der Waals surface area contributed by atoms with Crippen LogP contribution >= 0.6 is 0 Å². The minimum absolute atomic E-state index is 0. The van der Waals surface area contributed by atoms with Gasteiger partial charge in [-0.3, -0.25) is 53.9 Å². The molecule has 2 fully saturated rings. The van der Waals surface area contributed by atoms with E-state index in [1.165, 1.54) is 21.8 Å². The Morgan fingerprint density at radius 3 is 1.22 bits per heavy atom. The van der Waals surface area contributed by atoms with E-state index >= 15 is 0 Å². The Morgan fingerprint density at radius 1 is 0.642 bits per heavy atom. The van der Waals surface area contributed by atoms with Gasteiger partial charge in [0.1, 0.15) is 12.2 Å². The van der Waals surface area contributed by atoms with Crippen LogP contribution in [-0.4, -0.2) is 137 Å². The number of nitrogens with two attached hydrogens (primary N) is 1. The highest BCUT2D eigenvalue weighted by molar-refractivity contribution is 6.74. The lowest BCUT2D eigenvalue weighted by Crippen LogP contribution is -2.49. The second-order valence-corrected chi connectivity index (χ2v) is 34.0. The number of aromatic nitrogens is 9. The van der Waals surface area contributed by atoms with E-state index in [1.807, 2.05) is 52.8 Å². The number of anilines is 2. The van der Waals surface area contributed by atoms with Crippen molar-refractivity contribution in [3.8, 4) is 0 Å². The summed E-state index contributed by atoms with van der Waals surface area (Å²) in [6.07, 6.45) is -1.89. The Bertz CT molecular complexity index is 2820. The Hall–Kier alpha value is -6.44. The first kappa shape index (κ1) is 67.1. The van der Waals surface area contributed by atoms with Crippen LogP contribution in [0.25, 0.3) is 22.3 Å². The fourth-order valence-electron chi connectivity index (χ4n) is 7.50. The molecule has 2 amide bonds. The van der Waals surface area contributed by atoms with Crippen molar-refractivity contribution in [1.29, 1.82) is 0 Å². The van der Waals surface area contributed by atoms with Crippen LogP contribution in [0.2, 0.25) is 36.3 Å². The molecule has 0 bridgehead atoms. The molecule has 0 aliphatic carbocycles. The van der Waals surface area contributed by atoms with Crippen molar-refractivity contribution in [2.75, 3.05) is 10.6 Å². The number of hydrogen-bond acceptors (Lipinski definition) is 18. The van der Waals surface area contributed by atoms with Gasteiger partial charge in [0.15, 0.2) is 63.6 Å². The van der Waals surface area contributed by atoms with Gasteiger partial charge in [0.25, 0.3) is 11.1 Å². The van der Waals surface area contributed by atoms with E-state index in [2.05, 4.69) is 113 Å². The average Bonchev–Trinajstić information content (AvgIpc) is 4.12. The maximum atomic E-state index is 12.6. The summed E-state index contributed by atoms with van der Waals surface area (Å²) in [7, 11) is -4.66. The monoisotopic (exact) mass is 1170 g/mol. The number of nitrogens with zero attached hydrogens (tertiary/aromatic N) is 7. The molecule has 2 saturated heterocycles. The zero-order chi connectivity index (χ0) is 61.3. The molecule has 0 saturated carbocycles. The van der Waals surface area contributed by atoms with Gasteiger partial charge < -0.3 is 43.7 Å². The molecule has 0 radical (unpaired) electrons. The lowest BCUT2D eigenvalue weighted by molar-refractivity contribution is -0.119. The van der Waals surface area contributed by atoms with Crippen LogP contribution in [0.15, 0.2) is 52.8 Å². The van der Waals surface area contributed by atoms with Crippen molar-refractivity contribution in [2.45, 2.75) is 208 Å². The standard InChI is InChI=1S/2C22H35N5O7Si.C5H5N.C4H11N/c2*1-9-12-14(34-35(7,8)22(4,5)6)15(33-21(30)31)19(32-12)27-10-23-13-16(27)24-20(26-18(13)29)25-17(28)11(2)3;1-2-4-6-5-3-1;1-4(2,3)5/h2*10-12,14-15,19H,9H2,1-8H3,(H,30,31)(H2,24,25,26,28,29);1-5H;5H2,1-3H3/t2*12-,14-,15-,19-;;/m11../s1. The maximum absolute atomic E-state index is 12.6. The van der Waals surface area contributed by atoms with Crippen molar-refractivity contribution < 1.29 is 57.2 Å². The summed E-state index contributed by atoms with van der Waals surface area (Å²) >= 11 is 0. The third kappa shape index (κ3) is 17.8. The van der Waals surface area contributed by atoms with Gasteiger partial charge >= 0.3 is 12.3 Å². The van der Waals surface area contributed by atoms with E-state index in [-0.39, 0.29) is 73.5 Å². The number of nitrogens with one attached hydrogen (secondary N) is 4. The molecule has 2 aliphatic heterocycles. The van der Waals surface area contributed by atoms with Crippen molar-refractivity contribution in [2.24, 2.45) is 17.6 Å². The average molecular weight is 1170 g/mol. The Balaban J connectivity index is 0.000000293. The number of H-pyrrole nitrogens is 2. The van der Waals surface area contributed by atoms with Crippen LogP contribution in [-0.2, 0) is 37.4 Å². The fraction of sp³-hybridized carbons (Fsp3) is 0.642. The fourth-order valence-corrected chi connectivity index (χ4v) is 10.1. The second-order valence-electron chi connectivity index (χ2n) is 24.5. The molecular formula is C53H86N12O14Si2. The third-order valence-corrected chi connectivity index (χ3v) is 22.8. The first-order valence-corrected chi connectivity index (χ1v) is 32.8. The predicted molar refractivity (Wildman–Crippen MR) is 310 cm³/mol. The van der Waals surface area contributed by atoms with Gasteiger partial charge in [-0.1, -0.05) is 89.2 Å². The molecule has 7 heterocycles. The number of rotatable bonds is 14. The summed E-state index contributed by atoms with van der Waals surface area (Å²) in [5.74, 6) is -1.39. The molecule has 28 heteroatoms. The number of carboxylic acid groups (broad SMARTS) is 2. The number of aromatic amines is 2.